The van der Waals surface area contributed by atoms with E-state index in [4.69, 9.17) is 9.47 Å². The monoisotopic (exact) mass is 318 g/mol. The van der Waals surface area contributed by atoms with Gasteiger partial charge in [-0.1, -0.05) is 84.9 Å². The third-order valence-electron chi connectivity index (χ3n) is 4.22. The molecule has 0 amide bonds. The smallest absolute Gasteiger partial charge is 0.107 e. The van der Waals surface area contributed by atoms with E-state index in [1.165, 1.54) is 0 Å². The topological polar surface area (TPSA) is 18.5 Å². The second-order valence-electron chi connectivity index (χ2n) is 5.72. The van der Waals surface area contributed by atoms with Gasteiger partial charge in [0.2, 0.25) is 0 Å². The van der Waals surface area contributed by atoms with Crippen molar-refractivity contribution in [3.8, 4) is 0 Å². The van der Waals surface area contributed by atoms with Gasteiger partial charge >= 0.3 is 0 Å². The van der Waals surface area contributed by atoms with Crippen LogP contribution >= 0.6 is 0 Å². The summed E-state index contributed by atoms with van der Waals surface area (Å²) >= 11 is 0. The Balaban J connectivity index is 1.87. The minimum Gasteiger partial charge on any atom is -0.372 e. The van der Waals surface area contributed by atoms with Crippen LogP contribution in [0.1, 0.15) is 34.5 Å². The Morgan fingerprint density at radius 3 is 1.04 bits per heavy atom. The summed E-state index contributed by atoms with van der Waals surface area (Å²) in [4.78, 5) is 0. The Hall–Kier alpha value is -2.42. The lowest BCUT2D eigenvalue weighted by Gasteiger charge is -2.19. The number of methoxy groups -OCH3 is 2. The van der Waals surface area contributed by atoms with Crippen LogP contribution in [0.2, 0.25) is 0 Å². The van der Waals surface area contributed by atoms with Crippen molar-refractivity contribution in [2.75, 3.05) is 14.2 Å². The Morgan fingerprint density at radius 1 is 0.458 bits per heavy atom. The van der Waals surface area contributed by atoms with Gasteiger partial charge in [-0.25, -0.2) is 0 Å². The highest BCUT2D eigenvalue weighted by molar-refractivity contribution is 5.36. The molecule has 0 radical (unpaired) electrons. The van der Waals surface area contributed by atoms with Crippen LogP contribution < -0.4 is 0 Å². The first-order chi connectivity index (χ1) is 11.8. The zero-order chi connectivity index (χ0) is 16.8. The van der Waals surface area contributed by atoms with Gasteiger partial charge in [-0.3, -0.25) is 0 Å². The molecule has 0 N–H and O–H groups in total. The van der Waals surface area contributed by atoms with E-state index in [9.17, 15) is 0 Å². The van der Waals surface area contributed by atoms with E-state index in [-0.39, 0.29) is 12.2 Å². The maximum Gasteiger partial charge on any atom is 0.107 e. The zero-order valence-corrected chi connectivity index (χ0v) is 14.1. The lowest BCUT2D eigenvalue weighted by atomic mass is 9.96. The van der Waals surface area contributed by atoms with Gasteiger partial charge < -0.3 is 9.47 Å². The molecule has 3 rings (SSSR count). The van der Waals surface area contributed by atoms with Gasteiger partial charge in [0, 0.05) is 14.2 Å². The van der Waals surface area contributed by atoms with E-state index in [0.29, 0.717) is 0 Å². The van der Waals surface area contributed by atoms with Crippen LogP contribution in [0.3, 0.4) is 0 Å². The molecule has 3 aromatic carbocycles. The summed E-state index contributed by atoms with van der Waals surface area (Å²) in [5.74, 6) is 0. The molecule has 0 saturated heterocycles. The lowest BCUT2D eigenvalue weighted by molar-refractivity contribution is 0.133. The Kier molecular flexibility index (Phi) is 5.42. The van der Waals surface area contributed by atoms with E-state index >= 15 is 0 Å². The summed E-state index contributed by atoms with van der Waals surface area (Å²) < 4.78 is 11.4. The molecule has 0 bridgehead atoms. The standard InChI is InChI=1S/C22H22O2/c1-23-21(17-9-5-3-6-10-17)19-13-15-20(16-14-19)22(24-2)18-11-7-4-8-12-18/h3-16,21-22H,1-2H3. The van der Waals surface area contributed by atoms with Gasteiger partial charge in [0.25, 0.3) is 0 Å². The third kappa shape index (κ3) is 3.56. The Morgan fingerprint density at radius 2 is 0.750 bits per heavy atom. The van der Waals surface area contributed by atoms with Gasteiger partial charge in [0.05, 0.1) is 0 Å². The summed E-state index contributed by atoms with van der Waals surface area (Å²) in [5.41, 5.74) is 4.57. The highest BCUT2D eigenvalue weighted by atomic mass is 16.5. The number of ether oxygens (including phenoxy) is 2. The van der Waals surface area contributed by atoms with Gasteiger partial charge in [0.1, 0.15) is 12.2 Å². The minimum atomic E-state index is -0.0574. The van der Waals surface area contributed by atoms with Crippen molar-refractivity contribution < 1.29 is 9.47 Å². The first-order valence-corrected chi connectivity index (χ1v) is 8.09. The predicted octanol–water partition coefficient (Wildman–Crippen LogP) is 5.16. The fraction of sp³-hybridized carbons (Fsp3) is 0.182. The molecule has 2 nitrogen and oxygen atoms in total. The maximum atomic E-state index is 5.70. The minimum absolute atomic E-state index is 0.0574. The van der Waals surface area contributed by atoms with Gasteiger partial charge in [-0.05, 0) is 22.3 Å². The summed E-state index contributed by atoms with van der Waals surface area (Å²) in [6.45, 7) is 0. The molecule has 3 aromatic rings. The summed E-state index contributed by atoms with van der Waals surface area (Å²) in [6.07, 6.45) is -0.115. The molecule has 2 heteroatoms. The summed E-state index contributed by atoms with van der Waals surface area (Å²) in [7, 11) is 3.49. The first kappa shape index (κ1) is 16.4. The van der Waals surface area contributed by atoms with Crippen molar-refractivity contribution >= 4 is 0 Å². The van der Waals surface area contributed by atoms with Crippen LogP contribution in [0.15, 0.2) is 84.9 Å². The second-order valence-corrected chi connectivity index (χ2v) is 5.72. The largest absolute Gasteiger partial charge is 0.372 e. The van der Waals surface area contributed by atoms with E-state index in [2.05, 4.69) is 48.5 Å². The van der Waals surface area contributed by atoms with Gasteiger partial charge in [-0.15, -0.1) is 0 Å². The van der Waals surface area contributed by atoms with Crippen molar-refractivity contribution in [1.82, 2.24) is 0 Å². The predicted molar refractivity (Wildman–Crippen MR) is 97.0 cm³/mol. The molecule has 122 valence electrons. The number of benzene rings is 3. The molecule has 0 spiro atoms. The molecule has 0 aromatic heterocycles. The van der Waals surface area contributed by atoms with E-state index < -0.39 is 0 Å². The Labute approximate surface area is 143 Å². The fourth-order valence-electron chi connectivity index (χ4n) is 3.03. The number of rotatable bonds is 6. The average Bonchev–Trinajstić information content (AvgIpc) is 2.66. The number of hydrogen-bond donors (Lipinski definition) is 0. The van der Waals surface area contributed by atoms with Crippen LogP contribution in [0.25, 0.3) is 0 Å². The van der Waals surface area contributed by atoms with Crippen molar-refractivity contribution in [1.29, 1.82) is 0 Å². The summed E-state index contributed by atoms with van der Waals surface area (Å²) in [6, 6.07) is 29.0. The van der Waals surface area contributed by atoms with Crippen molar-refractivity contribution in [2.45, 2.75) is 12.2 Å². The Bertz CT molecular complexity index is 669. The van der Waals surface area contributed by atoms with Crippen molar-refractivity contribution in [3.05, 3.63) is 107 Å². The van der Waals surface area contributed by atoms with E-state index in [1.807, 2.05) is 36.4 Å². The van der Waals surface area contributed by atoms with Crippen LogP contribution in [0, 0.1) is 0 Å². The number of hydrogen-bond acceptors (Lipinski definition) is 2. The molecule has 24 heavy (non-hydrogen) atoms. The highest BCUT2D eigenvalue weighted by Gasteiger charge is 2.16. The fourth-order valence-corrected chi connectivity index (χ4v) is 3.03. The molecule has 0 aliphatic carbocycles. The molecule has 0 fully saturated rings. The SMILES string of the molecule is COC(c1ccccc1)c1ccc(C(OC)c2ccccc2)cc1. The molecule has 0 heterocycles. The molecule has 2 atom stereocenters. The first-order valence-electron chi connectivity index (χ1n) is 8.09. The average molecular weight is 318 g/mol. The third-order valence-corrected chi connectivity index (χ3v) is 4.22. The molecule has 0 saturated carbocycles. The molecule has 2 unspecified atom stereocenters. The van der Waals surface area contributed by atoms with Crippen molar-refractivity contribution in [3.63, 3.8) is 0 Å². The van der Waals surface area contributed by atoms with E-state index in [0.717, 1.165) is 22.3 Å². The normalized spacial score (nSPS) is 13.4. The quantitative estimate of drug-likeness (QED) is 0.625. The van der Waals surface area contributed by atoms with Crippen LogP contribution in [-0.4, -0.2) is 14.2 Å². The summed E-state index contributed by atoms with van der Waals surface area (Å²) in [5, 5.41) is 0. The van der Waals surface area contributed by atoms with Crippen LogP contribution in [0.4, 0.5) is 0 Å². The van der Waals surface area contributed by atoms with Crippen LogP contribution in [0.5, 0.6) is 0 Å². The molecule has 0 aliphatic rings. The van der Waals surface area contributed by atoms with Gasteiger partial charge in [-0.2, -0.15) is 0 Å². The van der Waals surface area contributed by atoms with E-state index in [1.54, 1.807) is 14.2 Å². The van der Waals surface area contributed by atoms with Crippen molar-refractivity contribution in [2.24, 2.45) is 0 Å². The zero-order valence-electron chi connectivity index (χ0n) is 14.1. The molecule has 0 aliphatic heterocycles. The van der Waals surface area contributed by atoms with Crippen LogP contribution in [-0.2, 0) is 9.47 Å². The maximum absolute atomic E-state index is 5.70. The second kappa shape index (κ2) is 7.91. The highest BCUT2D eigenvalue weighted by Crippen LogP contribution is 2.29. The van der Waals surface area contributed by atoms with Gasteiger partial charge in [0.15, 0.2) is 0 Å². The molecular weight excluding hydrogens is 296 g/mol. The lowest BCUT2D eigenvalue weighted by Crippen LogP contribution is -2.06. The molecular formula is C22H22O2.